The van der Waals surface area contributed by atoms with E-state index in [0.717, 1.165) is 5.56 Å². The van der Waals surface area contributed by atoms with Gasteiger partial charge in [-0.25, -0.2) is 0 Å². The Bertz CT molecular complexity index is 625. The largest absolute Gasteiger partial charge is 0.490 e. The Labute approximate surface area is 133 Å². The van der Waals surface area contributed by atoms with Gasteiger partial charge in [0.2, 0.25) is 0 Å². The fourth-order valence-electron chi connectivity index (χ4n) is 1.70. The monoisotopic (exact) mass is 321 g/mol. The van der Waals surface area contributed by atoms with Crippen LogP contribution in [0.3, 0.4) is 0 Å². The number of anilines is 1. The van der Waals surface area contributed by atoms with Gasteiger partial charge in [0.25, 0.3) is 5.17 Å². The van der Waals surface area contributed by atoms with E-state index in [1.165, 1.54) is 6.07 Å². The summed E-state index contributed by atoms with van der Waals surface area (Å²) in [5.74, 6) is 0. The first-order chi connectivity index (χ1) is 10.1. The van der Waals surface area contributed by atoms with E-state index in [1.54, 1.807) is 12.1 Å². The van der Waals surface area contributed by atoms with Crippen LogP contribution in [0.2, 0.25) is 5.02 Å². The Balaban J connectivity index is 1.95. The number of hydrogen-bond donors (Lipinski definition) is 3. The van der Waals surface area contributed by atoms with Gasteiger partial charge < -0.3 is 20.1 Å². The van der Waals surface area contributed by atoms with Crippen LogP contribution < -0.4 is 10.8 Å². The SMILES string of the molecule is OB(O)c1cc(NC(=S)OCc2ccccc2)ccc1Cl. The molecule has 0 heterocycles. The Morgan fingerprint density at radius 1 is 1.19 bits per heavy atom. The molecule has 21 heavy (non-hydrogen) atoms. The topological polar surface area (TPSA) is 61.7 Å². The highest BCUT2D eigenvalue weighted by Crippen LogP contribution is 2.13. The van der Waals surface area contributed by atoms with Crippen LogP contribution in [0.4, 0.5) is 5.69 Å². The molecule has 2 aromatic rings. The van der Waals surface area contributed by atoms with Crippen LogP contribution in [0.25, 0.3) is 0 Å². The van der Waals surface area contributed by atoms with Crippen LogP contribution in [-0.4, -0.2) is 22.3 Å². The lowest BCUT2D eigenvalue weighted by molar-refractivity contribution is 0.300. The minimum absolute atomic E-state index is 0.194. The van der Waals surface area contributed by atoms with Gasteiger partial charge in [0, 0.05) is 16.2 Å². The van der Waals surface area contributed by atoms with Gasteiger partial charge in [-0.2, -0.15) is 0 Å². The number of rotatable bonds is 4. The second-order valence-electron chi connectivity index (χ2n) is 4.30. The third kappa shape index (κ3) is 4.72. The van der Waals surface area contributed by atoms with Crippen molar-refractivity contribution in [2.45, 2.75) is 6.61 Å². The molecule has 0 amide bonds. The van der Waals surface area contributed by atoms with Gasteiger partial charge in [-0.05, 0) is 36.0 Å². The van der Waals surface area contributed by atoms with Crippen molar-refractivity contribution in [2.75, 3.05) is 5.32 Å². The molecule has 0 aliphatic rings. The van der Waals surface area contributed by atoms with E-state index in [4.69, 9.17) is 28.6 Å². The summed E-state index contributed by atoms with van der Waals surface area (Å²) in [6, 6.07) is 14.4. The molecule has 0 saturated carbocycles. The normalized spacial score (nSPS) is 10.0. The number of benzene rings is 2. The number of thiocarbonyl (C=S) groups is 1. The third-order valence-electron chi connectivity index (χ3n) is 2.73. The molecule has 0 fully saturated rings. The quantitative estimate of drug-likeness (QED) is 0.593. The van der Waals surface area contributed by atoms with Crippen molar-refractivity contribution in [1.29, 1.82) is 0 Å². The first-order valence-corrected chi connectivity index (χ1v) is 6.98. The standard InChI is InChI=1S/C14H13BClNO3S/c16-13-7-6-11(8-12(13)15(18)19)17-14(21)20-9-10-4-2-1-3-5-10/h1-8,18-19H,9H2,(H,17,21). The van der Waals surface area contributed by atoms with Crippen molar-refractivity contribution in [3.63, 3.8) is 0 Å². The Morgan fingerprint density at radius 2 is 1.90 bits per heavy atom. The molecular weight excluding hydrogens is 308 g/mol. The summed E-state index contributed by atoms with van der Waals surface area (Å²) in [6.45, 7) is 0.357. The fraction of sp³-hybridized carbons (Fsp3) is 0.0714. The molecule has 108 valence electrons. The van der Waals surface area contributed by atoms with Gasteiger partial charge in [-0.15, -0.1) is 0 Å². The molecule has 0 unspecified atom stereocenters. The lowest BCUT2D eigenvalue weighted by Crippen LogP contribution is -2.31. The Morgan fingerprint density at radius 3 is 2.57 bits per heavy atom. The van der Waals surface area contributed by atoms with Crippen LogP contribution in [0.15, 0.2) is 48.5 Å². The van der Waals surface area contributed by atoms with Gasteiger partial charge in [0.05, 0.1) is 0 Å². The summed E-state index contributed by atoms with van der Waals surface area (Å²) < 4.78 is 5.42. The highest BCUT2D eigenvalue weighted by atomic mass is 35.5. The zero-order chi connectivity index (χ0) is 15.2. The summed E-state index contributed by atoms with van der Waals surface area (Å²) in [7, 11) is -1.64. The molecule has 4 nitrogen and oxygen atoms in total. The molecule has 7 heteroatoms. The summed E-state index contributed by atoms with van der Waals surface area (Å²) >= 11 is 10.9. The molecule has 0 aromatic heterocycles. The van der Waals surface area contributed by atoms with Crippen molar-refractivity contribution in [3.05, 3.63) is 59.1 Å². The van der Waals surface area contributed by atoms with E-state index < -0.39 is 7.12 Å². The zero-order valence-electron chi connectivity index (χ0n) is 11.0. The lowest BCUT2D eigenvalue weighted by Gasteiger charge is -2.11. The highest BCUT2D eigenvalue weighted by molar-refractivity contribution is 7.80. The number of halogens is 1. The summed E-state index contributed by atoms with van der Waals surface area (Å²) in [6.07, 6.45) is 0. The van der Waals surface area contributed by atoms with Crippen LogP contribution in [0.1, 0.15) is 5.56 Å². The van der Waals surface area contributed by atoms with Crippen LogP contribution in [0, 0.1) is 0 Å². The zero-order valence-corrected chi connectivity index (χ0v) is 12.6. The molecule has 2 aromatic carbocycles. The van der Waals surface area contributed by atoms with Crippen molar-refractivity contribution < 1.29 is 14.8 Å². The minimum atomic E-state index is -1.64. The molecule has 0 aliphatic heterocycles. The Hall–Kier alpha value is -1.60. The van der Waals surface area contributed by atoms with Crippen molar-refractivity contribution >= 4 is 47.3 Å². The maximum atomic E-state index is 9.19. The maximum absolute atomic E-state index is 9.19. The second kappa shape index (κ2) is 7.42. The molecule has 2 rings (SSSR count). The lowest BCUT2D eigenvalue weighted by atomic mass is 9.80. The smallest absolute Gasteiger partial charge is 0.466 e. The van der Waals surface area contributed by atoms with E-state index in [1.807, 2.05) is 30.3 Å². The highest BCUT2D eigenvalue weighted by Gasteiger charge is 2.16. The molecule has 0 spiro atoms. The molecule has 3 N–H and O–H groups in total. The maximum Gasteiger partial charge on any atom is 0.490 e. The molecule has 0 atom stereocenters. The van der Waals surface area contributed by atoms with E-state index in [-0.39, 0.29) is 15.7 Å². The van der Waals surface area contributed by atoms with Gasteiger partial charge >= 0.3 is 7.12 Å². The molecule has 0 saturated heterocycles. The van der Waals surface area contributed by atoms with Gasteiger partial charge in [0.1, 0.15) is 6.61 Å². The third-order valence-corrected chi connectivity index (χ3v) is 3.30. The minimum Gasteiger partial charge on any atom is -0.466 e. The number of hydrogen-bond acceptors (Lipinski definition) is 4. The summed E-state index contributed by atoms with van der Waals surface area (Å²) in [5.41, 5.74) is 1.78. The predicted molar refractivity (Wildman–Crippen MR) is 88.7 cm³/mol. The Kier molecular flexibility index (Phi) is 5.58. The summed E-state index contributed by atoms with van der Waals surface area (Å²) in [4.78, 5) is 0. The van der Waals surface area contributed by atoms with Crippen molar-refractivity contribution in [1.82, 2.24) is 0 Å². The van der Waals surface area contributed by atoms with Gasteiger partial charge in [-0.3, -0.25) is 0 Å². The van der Waals surface area contributed by atoms with Crippen LogP contribution >= 0.6 is 23.8 Å². The van der Waals surface area contributed by atoms with E-state index in [0.29, 0.717) is 12.3 Å². The van der Waals surface area contributed by atoms with E-state index >= 15 is 0 Å². The average molecular weight is 322 g/mol. The summed E-state index contributed by atoms with van der Waals surface area (Å²) in [5, 5.41) is 21.7. The molecular formula is C14H13BClNO3S. The van der Waals surface area contributed by atoms with Crippen molar-refractivity contribution in [2.24, 2.45) is 0 Å². The first kappa shape index (κ1) is 15.8. The van der Waals surface area contributed by atoms with Crippen LogP contribution in [0.5, 0.6) is 0 Å². The second-order valence-corrected chi connectivity index (χ2v) is 5.07. The van der Waals surface area contributed by atoms with Crippen LogP contribution in [-0.2, 0) is 11.3 Å². The number of ether oxygens (including phenoxy) is 1. The average Bonchev–Trinajstić information content (AvgIpc) is 2.48. The number of nitrogens with one attached hydrogen (secondary N) is 1. The molecule has 0 aliphatic carbocycles. The van der Waals surface area contributed by atoms with E-state index in [2.05, 4.69) is 5.32 Å². The molecule has 0 bridgehead atoms. The van der Waals surface area contributed by atoms with Gasteiger partial charge in [-0.1, -0.05) is 41.9 Å². The first-order valence-electron chi connectivity index (χ1n) is 6.19. The van der Waals surface area contributed by atoms with Gasteiger partial charge in [0.15, 0.2) is 0 Å². The fourth-order valence-corrected chi connectivity index (χ4v) is 2.09. The predicted octanol–water partition coefficient (Wildman–Crippen LogP) is 1.93. The van der Waals surface area contributed by atoms with Crippen molar-refractivity contribution in [3.8, 4) is 0 Å². The molecule has 0 radical (unpaired) electrons. The van der Waals surface area contributed by atoms with E-state index in [9.17, 15) is 10.0 Å².